The molecule has 0 saturated heterocycles. The number of halogens is 3. The second-order valence-corrected chi connectivity index (χ2v) is 8.85. The number of esters is 1. The molecule has 0 unspecified atom stereocenters. The fourth-order valence-electron chi connectivity index (χ4n) is 1.85. The van der Waals surface area contributed by atoms with Crippen LogP contribution >= 0.6 is 0 Å². The molecule has 0 spiro atoms. The molecule has 0 saturated carbocycles. The molecule has 0 radical (unpaired) electrons. The van der Waals surface area contributed by atoms with Crippen LogP contribution in [-0.4, -0.2) is 33.8 Å². The zero-order valence-corrected chi connectivity index (χ0v) is 15.4. The molecule has 0 heterocycles. The van der Waals surface area contributed by atoms with Gasteiger partial charge in [-0.2, -0.15) is 13.2 Å². The van der Waals surface area contributed by atoms with Crippen molar-refractivity contribution in [2.75, 3.05) is 6.61 Å². The van der Waals surface area contributed by atoms with Crippen molar-refractivity contribution in [3.8, 4) is 0 Å². The maximum atomic E-state index is 13.4. The summed E-state index contributed by atoms with van der Waals surface area (Å²) in [6.45, 7) is 9.98. The molecule has 4 nitrogen and oxygen atoms in total. The molecule has 0 aromatic carbocycles. The van der Waals surface area contributed by atoms with E-state index in [0.29, 0.717) is 6.42 Å². The average Bonchev–Trinajstić information content (AvgIpc) is 2.34. The van der Waals surface area contributed by atoms with Crippen LogP contribution in [0.4, 0.5) is 13.2 Å². The summed E-state index contributed by atoms with van der Waals surface area (Å²) >= 11 is 0. The van der Waals surface area contributed by atoms with Crippen molar-refractivity contribution in [1.82, 2.24) is 4.72 Å². The van der Waals surface area contributed by atoms with E-state index >= 15 is 0 Å². The molecule has 0 fully saturated rings. The first kappa shape index (κ1) is 22.4. The third-order valence-corrected chi connectivity index (χ3v) is 4.77. The first-order chi connectivity index (χ1) is 10.3. The third-order valence-electron chi connectivity index (χ3n) is 3.19. The zero-order chi connectivity index (χ0) is 18.4. The van der Waals surface area contributed by atoms with Gasteiger partial charge in [0.15, 0.2) is 0 Å². The zero-order valence-electron chi connectivity index (χ0n) is 14.6. The van der Waals surface area contributed by atoms with Gasteiger partial charge in [0.25, 0.3) is 0 Å². The monoisotopic (exact) mass is 359 g/mol. The number of nitrogens with one attached hydrogen (secondary N) is 1. The van der Waals surface area contributed by atoms with E-state index < -0.39 is 39.8 Å². The Balaban J connectivity index is 5.46. The highest BCUT2D eigenvalue weighted by Crippen LogP contribution is 2.31. The molecule has 1 N–H and O–H groups in total. The molecular weight excluding hydrogens is 331 g/mol. The number of ether oxygens (including phenoxy) is 1. The minimum absolute atomic E-state index is 0.00392. The summed E-state index contributed by atoms with van der Waals surface area (Å²) in [6, 6.07) is -2.19. The average molecular weight is 359 g/mol. The third kappa shape index (κ3) is 8.15. The van der Waals surface area contributed by atoms with Gasteiger partial charge in [-0.1, -0.05) is 20.3 Å². The lowest BCUT2D eigenvalue weighted by Crippen LogP contribution is -2.53. The van der Waals surface area contributed by atoms with E-state index in [9.17, 15) is 22.2 Å². The number of rotatable bonds is 8. The second kappa shape index (κ2) is 9.01. The first-order valence-corrected chi connectivity index (χ1v) is 8.87. The Morgan fingerprint density at radius 2 is 1.70 bits per heavy atom. The van der Waals surface area contributed by atoms with Gasteiger partial charge in [0.2, 0.25) is 0 Å². The SMILES string of the molecule is CCOC(=O)[C@H](CCC(C)C)[C@@H](N[S@](=O)C(C)(C)C)C(F)(F)F. The van der Waals surface area contributed by atoms with Crippen LogP contribution in [0, 0.1) is 11.8 Å². The van der Waals surface area contributed by atoms with Crippen molar-refractivity contribution in [3.63, 3.8) is 0 Å². The standard InChI is InChI=1S/C15H28F3NO3S/c1-7-22-13(20)11(9-8-10(2)3)12(15(16,17)18)19-23(21)14(4,5)6/h10-12,19H,7-9H2,1-6H3/t11-,12-,23-/m1/s1. The lowest BCUT2D eigenvalue weighted by molar-refractivity contribution is -0.179. The molecule has 0 bridgehead atoms. The summed E-state index contributed by atoms with van der Waals surface area (Å²) in [7, 11) is -1.95. The number of carbonyl (C=O) groups is 1. The fourth-order valence-corrected chi connectivity index (χ4v) is 2.73. The van der Waals surface area contributed by atoms with Crippen LogP contribution in [0.3, 0.4) is 0 Å². The fraction of sp³-hybridized carbons (Fsp3) is 0.933. The van der Waals surface area contributed by atoms with Gasteiger partial charge in [0.1, 0.15) is 6.04 Å². The van der Waals surface area contributed by atoms with Crippen LogP contribution in [0.5, 0.6) is 0 Å². The van der Waals surface area contributed by atoms with Crippen LogP contribution in [0.2, 0.25) is 0 Å². The van der Waals surface area contributed by atoms with E-state index in [-0.39, 0.29) is 18.9 Å². The Bertz CT molecular complexity index is 406. The van der Waals surface area contributed by atoms with Gasteiger partial charge in [-0.3, -0.25) is 4.79 Å². The van der Waals surface area contributed by atoms with Gasteiger partial charge in [0, 0.05) is 0 Å². The minimum Gasteiger partial charge on any atom is -0.466 e. The van der Waals surface area contributed by atoms with E-state index in [1.807, 2.05) is 13.8 Å². The van der Waals surface area contributed by atoms with E-state index in [1.54, 1.807) is 27.7 Å². The molecule has 8 heteroatoms. The van der Waals surface area contributed by atoms with Crippen molar-refractivity contribution in [3.05, 3.63) is 0 Å². The number of hydrogen-bond acceptors (Lipinski definition) is 3. The summed E-state index contributed by atoms with van der Waals surface area (Å²) in [5.74, 6) is -2.17. The number of alkyl halides is 3. The summed E-state index contributed by atoms with van der Waals surface area (Å²) in [6.07, 6.45) is -4.23. The van der Waals surface area contributed by atoms with Gasteiger partial charge >= 0.3 is 12.1 Å². The summed E-state index contributed by atoms with van der Waals surface area (Å²) < 4.78 is 58.4. The minimum atomic E-state index is -4.70. The lowest BCUT2D eigenvalue weighted by atomic mass is 9.91. The molecule has 0 aliphatic heterocycles. The summed E-state index contributed by atoms with van der Waals surface area (Å²) in [4.78, 5) is 12.0. The predicted octanol–water partition coefficient (Wildman–Crippen LogP) is 3.58. The first-order valence-electron chi connectivity index (χ1n) is 7.72. The lowest BCUT2D eigenvalue weighted by Gasteiger charge is -2.31. The highest BCUT2D eigenvalue weighted by molar-refractivity contribution is 7.84. The van der Waals surface area contributed by atoms with Gasteiger partial charge in [0.05, 0.1) is 28.3 Å². The molecule has 0 rings (SSSR count). The molecule has 0 aromatic heterocycles. The molecule has 0 aliphatic rings. The second-order valence-electron chi connectivity index (χ2n) is 6.85. The van der Waals surface area contributed by atoms with Crippen molar-refractivity contribution in [2.45, 2.75) is 71.3 Å². The van der Waals surface area contributed by atoms with E-state index in [1.165, 1.54) is 0 Å². The summed E-state index contributed by atoms with van der Waals surface area (Å²) in [5, 5.41) is 0. The Hall–Kier alpha value is -0.630. The van der Waals surface area contributed by atoms with Gasteiger partial charge in [-0.15, -0.1) is 0 Å². The molecule has 23 heavy (non-hydrogen) atoms. The van der Waals surface area contributed by atoms with Crippen molar-refractivity contribution in [1.29, 1.82) is 0 Å². The van der Waals surface area contributed by atoms with E-state index in [0.717, 1.165) is 0 Å². The Kier molecular flexibility index (Phi) is 8.76. The van der Waals surface area contributed by atoms with Gasteiger partial charge in [-0.05, 0) is 40.0 Å². The maximum absolute atomic E-state index is 13.4. The quantitative estimate of drug-likeness (QED) is 0.674. The number of hydrogen-bond donors (Lipinski definition) is 1. The van der Waals surface area contributed by atoms with E-state index in [4.69, 9.17) is 4.74 Å². The van der Waals surface area contributed by atoms with Crippen molar-refractivity contribution < 1.29 is 26.9 Å². The highest BCUT2D eigenvalue weighted by Gasteiger charge is 2.49. The maximum Gasteiger partial charge on any atom is 0.405 e. The summed E-state index contributed by atoms with van der Waals surface area (Å²) in [5.41, 5.74) is 0. The Morgan fingerprint density at radius 3 is 2.04 bits per heavy atom. The van der Waals surface area contributed by atoms with Crippen LogP contribution < -0.4 is 4.72 Å². The van der Waals surface area contributed by atoms with Crippen LogP contribution in [0.25, 0.3) is 0 Å². The molecule has 0 amide bonds. The Morgan fingerprint density at radius 1 is 1.17 bits per heavy atom. The largest absolute Gasteiger partial charge is 0.466 e. The molecule has 138 valence electrons. The number of carbonyl (C=O) groups excluding carboxylic acids is 1. The van der Waals surface area contributed by atoms with Crippen molar-refractivity contribution >= 4 is 17.0 Å². The Labute approximate surface area is 139 Å². The molecule has 0 aromatic rings. The van der Waals surface area contributed by atoms with Crippen molar-refractivity contribution in [2.24, 2.45) is 11.8 Å². The topological polar surface area (TPSA) is 55.4 Å². The molecule has 0 aliphatic carbocycles. The van der Waals surface area contributed by atoms with Crippen LogP contribution in [-0.2, 0) is 20.5 Å². The molecular formula is C15H28F3NO3S. The van der Waals surface area contributed by atoms with Crippen LogP contribution in [0.15, 0.2) is 0 Å². The normalized spacial score (nSPS) is 17.0. The smallest absolute Gasteiger partial charge is 0.405 e. The molecule has 3 atom stereocenters. The highest BCUT2D eigenvalue weighted by atomic mass is 32.2. The van der Waals surface area contributed by atoms with Crippen LogP contribution in [0.1, 0.15) is 54.4 Å². The van der Waals surface area contributed by atoms with Gasteiger partial charge in [-0.25, -0.2) is 8.93 Å². The van der Waals surface area contributed by atoms with E-state index in [2.05, 4.69) is 4.72 Å². The predicted molar refractivity (Wildman–Crippen MR) is 85.1 cm³/mol. The van der Waals surface area contributed by atoms with Gasteiger partial charge < -0.3 is 4.74 Å².